The largest absolute Gasteiger partial charge is 0.0961 e. The van der Waals surface area contributed by atoms with Crippen LogP contribution in [0.5, 0.6) is 0 Å². The molecule has 18 heavy (non-hydrogen) atoms. The van der Waals surface area contributed by atoms with Crippen molar-refractivity contribution in [3.05, 3.63) is 71.8 Å². The van der Waals surface area contributed by atoms with Crippen LogP contribution in [0, 0.1) is 5.92 Å². The van der Waals surface area contributed by atoms with Gasteiger partial charge < -0.3 is 0 Å². The van der Waals surface area contributed by atoms with E-state index in [2.05, 4.69) is 75.9 Å². The van der Waals surface area contributed by atoms with Crippen molar-refractivity contribution in [2.24, 2.45) is 5.92 Å². The summed E-state index contributed by atoms with van der Waals surface area (Å²) in [5.41, 5.74) is 3.88. The minimum atomic E-state index is 0.520. The quantitative estimate of drug-likeness (QED) is 0.589. The second kappa shape index (κ2) is 7.71. The van der Waals surface area contributed by atoms with Gasteiger partial charge in [-0.25, -0.2) is 0 Å². The minimum absolute atomic E-state index is 0.520. The van der Waals surface area contributed by atoms with Gasteiger partial charge in [-0.05, 0) is 36.8 Å². The molecule has 0 heterocycles. The summed E-state index contributed by atoms with van der Waals surface area (Å²) in [6.45, 7) is 10.5. The fourth-order valence-electron chi connectivity index (χ4n) is 1.98. The van der Waals surface area contributed by atoms with Gasteiger partial charge in [-0.15, -0.1) is 0 Å². The summed E-state index contributed by atoms with van der Waals surface area (Å²) in [6, 6.07) is 10.7. The topological polar surface area (TPSA) is 0 Å². The molecule has 0 N–H and O–H groups in total. The zero-order valence-electron chi connectivity index (χ0n) is 11.8. The summed E-state index contributed by atoms with van der Waals surface area (Å²) in [6.07, 6.45) is 8.80. The average molecular weight is 240 g/mol. The van der Waals surface area contributed by atoms with Crippen molar-refractivity contribution in [3.8, 4) is 0 Å². The Bertz CT molecular complexity index is 421. The van der Waals surface area contributed by atoms with Gasteiger partial charge in [-0.2, -0.15) is 0 Å². The Morgan fingerprint density at radius 2 is 1.94 bits per heavy atom. The molecule has 0 radical (unpaired) electrons. The Balaban J connectivity index is 2.80. The monoisotopic (exact) mass is 240 g/mol. The van der Waals surface area contributed by atoms with Crippen LogP contribution in [0.15, 0.2) is 66.3 Å². The van der Waals surface area contributed by atoms with E-state index in [1.165, 1.54) is 11.1 Å². The molecule has 0 saturated carbocycles. The van der Waals surface area contributed by atoms with Gasteiger partial charge in [0.15, 0.2) is 0 Å². The van der Waals surface area contributed by atoms with E-state index in [4.69, 9.17) is 0 Å². The van der Waals surface area contributed by atoms with Gasteiger partial charge in [-0.1, -0.05) is 74.6 Å². The van der Waals surface area contributed by atoms with Crippen molar-refractivity contribution in [2.45, 2.75) is 33.6 Å². The first-order chi connectivity index (χ1) is 8.63. The van der Waals surface area contributed by atoms with Gasteiger partial charge in [0.2, 0.25) is 0 Å². The maximum Gasteiger partial charge on any atom is -0.0150 e. The summed E-state index contributed by atoms with van der Waals surface area (Å²) in [5, 5.41) is 0. The molecule has 0 aromatic heterocycles. The number of rotatable bonds is 6. The van der Waals surface area contributed by atoms with Crippen LogP contribution in [-0.2, 0) is 6.42 Å². The van der Waals surface area contributed by atoms with Crippen LogP contribution in [-0.4, -0.2) is 0 Å². The lowest BCUT2D eigenvalue weighted by Gasteiger charge is -2.13. The first-order valence-electron chi connectivity index (χ1n) is 6.71. The molecule has 0 bridgehead atoms. The third kappa shape index (κ3) is 5.18. The van der Waals surface area contributed by atoms with E-state index in [1.807, 2.05) is 0 Å². The number of hydrogen-bond donors (Lipinski definition) is 0. The van der Waals surface area contributed by atoms with Crippen molar-refractivity contribution in [1.82, 2.24) is 0 Å². The first-order valence-corrected chi connectivity index (χ1v) is 6.71. The zero-order valence-corrected chi connectivity index (χ0v) is 11.8. The normalized spacial score (nSPS) is 13.8. The number of hydrogen-bond acceptors (Lipinski definition) is 0. The van der Waals surface area contributed by atoms with Crippen LogP contribution >= 0.6 is 0 Å². The summed E-state index contributed by atoms with van der Waals surface area (Å²) >= 11 is 0. The molecule has 0 aliphatic heterocycles. The fraction of sp³-hybridized carbons (Fsp3) is 0.333. The van der Waals surface area contributed by atoms with Crippen LogP contribution in [0.2, 0.25) is 0 Å². The molecular weight excluding hydrogens is 216 g/mol. The lowest BCUT2D eigenvalue weighted by Crippen LogP contribution is -2.02. The van der Waals surface area contributed by atoms with Crippen molar-refractivity contribution in [1.29, 1.82) is 0 Å². The van der Waals surface area contributed by atoms with E-state index in [-0.39, 0.29) is 0 Å². The highest BCUT2D eigenvalue weighted by Gasteiger charge is 2.07. The molecule has 1 aromatic rings. The lowest BCUT2D eigenvalue weighted by molar-refractivity contribution is 0.692. The average Bonchev–Trinajstić information content (AvgIpc) is 2.35. The molecule has 96 valence electrons. The van der Waals surface area contributed by atoms with E-state index in [0.29, 0.717) is 5.92 Å². The van der Waals surface area contributed by atoms with E-state index in [0.717, 1.165) is 18.4 Å². The highest BCUT2D eigenvalue weighted by Crippen LogP contribution is 2.19. The molecule has 1 aromatic carbocycles. The Morgan fingerprint density at radius 3 is 2.50 bits per heavy atom. The highest BCUT2D eigenvalue weighted by atomic mass is 14.1. The molecule has 0 aliphatic carbocycles. The lowest BCUT2D eigenvalue weighted by atomic mass is 9.92. The van der Waals surface area contributed by atoms with Crippen LogP contribution < -0.4 is 0 Å². The Labute approximate surface area is 112 Å². The first kappa shape index (κ1) is 14.5. The molecule has 0 saturated heterocycles. The molecule has 1 atom stereocenters. The zero-order chi connectivity index (χ0) is 13.4. The van der Waals surface area contributed by atoms with E-state index >= 15 is 0 Å². The molecule has 0 spiro atoms. The molecule has 0 fully saturated rings. The second-order valence-electron chi connectivity index (χ2n) is 4.89. The summed E-state index contributed by atoms with van der Waals surface area (Å²) in [4.78, 5) is 0. The smallest absolute Gasteiger partial charge is 0.0150 e. The Morgan fingerprint density at radius 1 is 1.28 bits per heavy atom. The third-order valence-electron chi connectivity index (χ3n) is 2.91. The van der Waals surface area contributed by atoms with E-state index in [9.17, 15) is 0 Å². The molecule has 0 heteroatoms. The van der Waals surface area contributed by atoms with Gasteiger partial charge in [0.1, 0.15) is 0 Å². The molecule has 0 nitrogen and oxygen atoms in total. The molecule has 0 amide bonds. The Hall–Kier alpha value is -1.56. The third-order valence-corrected chi connectivity index (χ3v) is 2.91. The highest BCUT2D eigenvalue weighted by molar-refractivity contribution is 5.31. The van der Waals surface area contributed by atoms with Crippen molar-refractivity contribution in [2.75, 3.05) is 0 Å². The maximum atomic E-state index is 3.98. The second-order valence-corrected chi connectivity index (χ2v) is 4.89. The fourth-order valence-corrected chi connectivity index (χ4v) is 1.98. The van der Waals surface area contributed by atoms with Gasteiger partial charge in [0, 0.05) is 0 Å². The van der Waals surface area contributed by atoms with Gasteiger partial charge in [-0.3, -0.25) is 0 Å². The predicted molar refractivity (Wildman–Crippen MR) is 81.6 cm³/mol. The van der Waals surface area contributed by atoms with Crippen LogP contribution in [0.3, 0.4) is 0 Å². The van der Waals surface area contributed by atoms with E-state index < -0.39 is 0 Å². The maximum absolute atomic E-state index is 3.98. The summed E-state index contributed by atoms with van der Waals surface area (Å²) < 4.78 is 0. The van der Waals surface area contributed by atoms with Crippen molar-refractivity contribution >= 4 is 0 Å². The van der Waals surface area contributed by atoms with Gasteiger partial charge in [0.25, 0.3) is 0 Å². The standard InChI is InChI=1S/C18H24/c1-5-6-12-18(13-15(2)3)16(4)14-17-10-8-7-9-11-17/h6-13,16H,2,5,14H2,1,3-4H3/b12-6-,18-13+. The number of allylic oxidation sites excluding steroid dienone is 5. The summed E-state index contributed by atoms with van der Waals surface area (Å²) in [7, 11) is 0. The van der Waals surface area contributed by atoms with Crippen molar-refractivity contribution < 1.29 is 0 Å². The molecular formula is C18H24. The van der Waals surface area contributed by atoms with Gasteiger partial charge in [0.05, 0.1) is 0 Å². The number of benzene rings is 1. The summed E-state index contributed by atoms with van der Waals surface area (Å²) in [5.74, 6) is 0.520. The molecule has 0 aliphatic rings. The predicted octanol–water partition coefficient (Wildman–Crippen LogP) is 5.33. The minimum Gasteiger partial charge on any atom is -0.0961 e. The van der Waals surface area contributed by atoms with Crippen molar-refractivity contribution in [3.63, 3.8) is 0 Å². The van der Waals surface area contributed by atoms with Crippen LogP contribution in [0.25, 0.3) is 0 Å². The Kier molecular flexibility index (Phi) is 6.21. The molecule has 1 rings (SSSR count). The van der Waals surface area contributed by atoms with Gasteiger partial charge >= 0.3 is 0 Å². The molecule has 1 unspecified atom stereocenters. The van der Waals surface area contributed by atoms with Crippen LogP contribution in [0.1, 0.15) is 32.8 Å². The van der Waals surface area contributed by atoms with E-state index in [1.54, 1.807) is 0 Å². The SMILES string of the molecule is C=C(C)/C=C(\C=C/CC)C(C)Cc1ccccc1. The van der Waals surface area contributed by atoms with Crippen LogP contribution in [0.4, 0.5) is 0 Å².